The van der Waals surface area contributed by atoms with Gasteiger partial charge in [0.15, 0.2) is 0 Å². The summed E-state index contributed by atoms with van der Waals surface area (Å²) in [5, 5.41) is 3.56. The molecule has 0 saturated heterocycles. The number of carbonyl (C=O) groups excluding carboxylic acids is 1. The third kappa shape index (κ3) is 4.11. The monoisotopic (exact) mass is 273 g/mol. The van der Waals surface area contributed by atoms with Crippen molar-refractivity contribution in [1.29, 1.82) is 0 Å². The molecule has 2 aromatic rings. The van der Waals surface area contributed by atoms with Crippen LogP contribution in [0.2, 0.25) is 5.02 Å². The second-order valence-electron chi connectivity index (χ2n) is 4.40. The van der Waals surface area contributed by atoms with Gasteiger partial charge in [0.25, 0.3) is 0 Å². The molecule has 0 fully saturated rings. The van der Waals surface area contributed by atoms with Gasteiger partial charge in [-0.05, 0) is 41.8 Å². The minimum Gasteiger partial charge on any atom is -0.326 e. The van der Waals surface area contributed by atoms with Crippen LogP contribution in [0.5, 0.6) is 0 Å². The van der Waals surface area contributed by atoms with E-state index < -0.39 is 0 Å². The first-order chi connectivity index (χ1) is 9.17. The molecule has 1 N–H and O–H groups in total. The standard InChI is InChI=1S/C16H16ClNO/c1-2-12-5-9-15(10-6-12)18-16(19)11-13-3-7-14(17)8-4-13/h3-10H,2,11H2,1H3,(H,18,19). The van der Waals surface area contributed by atoms with E-state index in [1.165, 1.54) is 5.56 Å². The molecule has 0 spiro atoms. The fraction of sp³-hybridized carbons (Fsp3) is 0.188. The molecule has 0 radical (unpaired) electrons. The van der Waals surface area contributed by atoms with Crippen molar-refractivity contribution in [1.82, 2.24) is 0 Å². The lowest BCUT2D eigenvalue weighted by molar-refractivity contribution is -0.115. The number of hydrogen-bond donors (Lipinski definition) is 1. The van der Waals surface area contributed by atoms with Gasteiger partial charge in [-0.1, -0.05) is 42.8 Å². The number of hydrogen-bond acceptors (Lipinski definition) is 1. The van der Waals surface area contributed by atoms with Crippen LogP contribution >= 0.6 is 11.6 Å². The average molecular weight is 274 g/mol. The predicted octanol–water partition coefficient (Wildman–Crippen LogP) is 4.08. The van der Waals surface area contributed by atoms with Crippen LogP contribution in [0, 0.1) is 0 Å². The van der Waals surface area contributed by atoms with Gasteiger partial charge in [-0.15, -0.1) is 0 Å². The van der Waals surface area contributed by atoms with Crippen molar-refractivity contribution < 1.29 is 4.79 Å². The van der Waals surface area contributed by atoms with Crippen LogP contribution in [0.3, 0.4) is 0 Å². The summed E-state index contributed by atoms with van der Waals surface area (Å²) in [6.07, 6.45) is 1.35. The van der Waals surface area contributed by atoms with Crippen molar-refractivity contribution in [2.24, 2.45) is 0 Å². The maximum atomic E-state index is 11.9. The second-order valence-corrected chi connectivity index (χ2v) is 4.84. The summed E-state index contributed by atoms with van der Waals surface area (Å²) >= 11 is 5.81. The molecular formula is C16H16ClNO. The van der Waals surface area contributed by atoms with Gasteiger partial charge in [0.05, 0.1) is 6.42 Å². The van der Waals surface area contributed by atoms with Crippen molar-refractivity contribution in [3.63, 3.8) is 0 Å². The number of amides is 1. The zero-order chi connectivity index (χ0) is 13.7. The van der Waals surface area contributed by atoms with Crippen molar-refractivity contribution in [3.8, 4) is 0 Å². The average Bonchev–Trinajstić information content (AvgIpc) is 2.42. The normalized spacial score (nSPS) is 10.2. The molecule has 3 heteroatoms. The summed E-state index contributed by atoms with van der Waals surface area (Å²) in [6, 6.07) is 15.2. The van der Waals surface area contributed by atoms with Crippen molar-refractivity contribution in [2.45, 2.75) is 19.8 Å². The molecule has 0 saturated carbocycles. The zero-order valence-corrected chi connectivity index (χ0v) is 11.6. The van der Waals surface area contributed by atoms with Crippen LogP contribution in [-0.2, 0) is 17.6 Å². The van der Waals surface area contributed by atoms with Crippen LogP contribution in [0.25, 0.3) is 0 Å². The highest BCUT2D eigenvalue weighted by molar-refractivity contribution is 6.30. The SMILES string of the molecule is CCc1ccc(NC(=O)Cc2ccc(Cl)cc2)cc1. The highest BCUT2D eigenvalue weighted by atomic mass is 35.5. The Labute approximate surface area is 118 Å². The Hall–Kier alpha value is -1.80. The fourth-order valence-corrected chi connectivity index (χ4v) is 1.94. The lowest BCUT2D eigenvalue weighted by atomic mass is 10.1. The maximum absolute atomic E-state index is 11.9. The van der Waals surface area contributed by atoms with Crippen molar-refractivity contribution in [2.75, 3.05) is 5.32 Å². The van der Waals surface area contributed by atoms with E-state index in [2.05, 4.69) is 12.2 Å². The Morgan fingerprint density at radius 2 is 1.58 bits per heavy atom. The minimum atomic E-state index is -0.0217. The number of nitrogens with one attached hydrogen (secondary N) is 1. The molecule has 2 nitrogen and oxygen atoms in total. The molecule has 98 valence electrons. The Morgan fingerprint density at radius 1 is 1.00 bits per heavy atom. The van der Waals surface area contributed by atoms with E-state index in [1.54, 1.807) is 12.1 Å². The van der Waals surface area contributed by atoms with Gasteiger partial charge in [-0.25, -0.2) is 0 Å². The van der Waals surface area contributed by atoms with Gasteiger partial charge < -0.3 is 5.32 Å². The number of aryl methyl sites for hydroxylation is 1. The Bertz CT molecular complexity index is 546. The first-order valence-corrected chi connectivity index (χ1v) is 6.68. The number of carbonyl (C=O) groups is 1. The van der Waals surface area contributed by atoms with Crippen molar-refractivity contribution >= 4 is 23.2 Å². The van der Waals surface area contributed by atoms with E-state index in [1.807, 2.05) is 36.4 Å². The van der Waals surface area contributed by atoms with Gasteiger partial charge in [0.2, 0.25) is 5.91 Å². The van der Waals surface area contributed by atoms with Gasteiger partial charge in [0, 0.05) is 10.7 Å². The molecule has 0 aliphatic rings. The largest absolute Gasteiger partial charge is 0.326 e. The van der Waals surface area contributed by atoms with Crippen molar-refractivity contribution in [3.05, 3.63) is 64.7 Å². The van der Waals surface area contributed by atoms with E-state index >= 15 is 0 Å². The summed E-state index contributed by atoms with van der Waals surface area (Å²) in [5.74, 6) is -0.0217. The Kier molecular flexibility index (Phi) is 4.58. The summed E-state index contributed by atoms with van der Waals surface area (Å²) in [7, 11) is 0. The Balaban J connectivity index is 1.95. The highest BCUT2D eigenvalue weighted by Gasteiger charge is 2.04. The molecule has 0 aliphatic heterocycles. The molecule has 0 aromatic heterocycles. The number of benzene rings is 2. The van der Waals surface area contributed by atoms with E-state index in [0.717, 1.165) is 17.7 Å². The summed E-state index contributed by atoms with van der Waals surface area (Å²) in [6.45, 7) is 2.11. The number of rotatable bonds is 4. The van der Waals surface area contributed by atoms with E-state index in [9.17, 15) is 4.79 Å². The molecule has 0 bridgehead atoms. The second kappa shape index (κ2) is 6.39. The molecule has 0 atom stereocenters. The van der Waals surface area contributed by atoms with Gasteiger partial charge in [-0.2, -0.15) is 0 Å². The zero-order valence-electron chi connectivity index (χ0n) is 10.8. The maximum Gasteiger partial charge on any atom is 0.228 e. The molecule has 19 heavy (non-hydrogen) atoms. The van der Waals surface area contributed by atoms with Gasteiger partial charge >= 0.3 is 0 Å². The van der Waals surface area contributed by atoms with E-state index in [0.29, 0.717) is 11.4 Å². The number of halogens is 1. The predicted molar refractivity (Wildman–Crippen MR) is 79.6 cm³/mol. The third-order valence-corrected chi connectivity index (χ3v) is 3.18. The summed E-state index contributed by atoms with van der Waals surface area (Å²) < 4.78 is 0. The molecule has 1 amide bonds. The first kappa shape index (κ1) is 13.6. The first-order valence-electron chi connectivity index (χ1n) is 6.30. The quantitative estimate of drug-likeness (QED) is 0.893. The van der Waals surface area contributed by atoms with Crippen LogP contribution < -0.4 is 5.32 Å². The van der Waals surface area contributed by atoms with Crippen LogP contribution in [0.4, 0.5) is 5.69 Å². The lowest BCUT2D eigenvalue weighted by Crippen LogP contribution is -2.14. The van der Waals surface area contributed by atoms with Gasteiger partial charge in [0.1, 0.15) is 0 Å². The third-order valence-electron chi connectivity index (χ3n) is 2.92. The highest BCUT2D eigenvalue weighted by Crippen LogP contribution is 2.12. The molecule has 2 aromatic carbocycles. The molecule has 0 heterocycles. The van der Waals surface area contributed by atoms with Gasteiger partial charge in [-0.3, -0.25) is 4.79 Å². The van der Waals surface area contributed by atoms with Crippen LogP contribution in [0.1, 0.15) is 18.1 Å². The molecule has 2 rings (SSSR count). The van der Waals surface area contributed by atoms with Crippen LogP contribution in [0.15, 0.2) is 48.5 Å². The minimum absolute atomic E-state index is 0.0217. The smallest absolute Gasteiger partial charge is 0.228 e. The fourth-order valence-electron chi connectivity index (χ4n) is 1.82. The van der Waals surface area contributed by atoms with E-state index in [-0.39, 0.29) is 5.91 Å². The number of anilines is 1. The molecule has 0 aliphatic carbocycles. The lowest BCUT2D eigenvalue weighted by Gasteiger charge is -2.06. The van der Waals surface area contributed by atoms with Crippen LogP contribution in [-0.4, -0.2) is 5.91 Å². The molecule has 0 unspecified atom stereocenters. The van der Waals surface area contributed by atoms with E-state index in [4.69, 9.17) is 11.6 Å². The topological polar surface area (TPSA) is 29.1 Å². The summed E-state index contributed by atoms with van der Waals surface area (Å²) in [5.41, 5.74) is 3.04. The molecular weight excluding hydrogens is 258 g/mol. The summed E-state index contributed by atoms with van der Waals surface area (Å²) in [4.78, 5) is 11.9. The Morgan fingerprint density at radius 3 is 2.16 bits per heavy atom.